The number of nitrogens with one attached hydrogen (secondary N) is 1. The van der Waals surface area contributed by atoms with E-state index in [9.17, 15) is 9.59 Å². The zero-order valence-corrected chi connectivity index (χ0v) is 16.9. The molecule has 3 N–H and O–H groups in total. The van der Waals surface area contributed by atoms with Crippen LogP contribution in [0.2, 0.25) is 0 Å². The van der Waals surface area contributed by atoms with Crippen LogP contribution in [0, 0.1) is 0 Å². The Morgan fingerprint density at radius 1 is 1.21 bits per heavy atom. The molecule has 28 heavy (non-hydrogen) atoms. The number of fused-ring (bicyclic) bond motifs is 1. The van der Waals surface area contributed by atoms with E-state index in [1.807, 2.05) is 24.0 Å². The van der Waals surface area contributed by atoms with Gasteiger partial charge in [-0.2, -0.15) is 0 Å². The smallest absolute Gasteiger partial charge is 0.251 e. The summed E-state index contributed by atoms with van der Waals surface area (Å²) in [4.78, 5) is 34.5. The summed E-state index contributed by atoms with van der Waals surface area (Å²) in [6.45, 7) is 4.63. The molecule has 1 aliphatic heterocycles. The lowest BCUT2D eigenvalue weighted by atomic mass is 10.1. The lowest BCUT2D eigenvalue weighted by Gasteiger charge is -2.33. The molecule has 150 valence electrons. The Morgan fingerprint density at radius 3 is 2.64 bits per heavy atom. The third kappa shape index (κ3) is 3.96. The molecule has 0 radical (unpaired) electrons. The number of aryl methyl sites for hydroxylation is 2. The van der Waals surface area contributed by atoms with Gasteiger partial charge in [-0.05, 0) is 24.8 Å². The summed E-state index contributed by atoms with van der Waals surface area (Å²) in [5.41, 5.74) is 7.12. The van der Waals surface area contributed by atoms with E-state index < -0.39 is 5.91 Å². The lowest BCUT2D eigenvalue weighted by Crippen LogP contribution is -2.48. The van der Waals surface area contributed by atoms with Gasteiger partial charge in [0.15, 0.2) is 0 Å². The van der Waals surface area contributed by atoms with Crippen molar-refractivity contribution in [1.29, 1.82) is 0 Å². The second kappa shape index (κ2) is 8.02. The summed E-state index contributed by atoms with van der Waals surface area (Å²) in [6, 6.07) is 0. The number of hydrogen-bond acceptors (Lipinski definition) is 6. The highest BCUT2D eigenvalue weighted by Gasteiger charge is 2.27. The van der Waals surface area contributed by atoms with Crippen molar-refractivity contribution < 1.29 is 9.59 Å². The van der Waals surface area contributed by atoms with Gasteiger partial charge in [0.1, 0.15) is 10.8 Å². The molecule has 2 aromatic rings. The minimum Gasteiger partial charge on any atom is -0.365 e. The molecule has 1 saturated heterocycles. The molecule has 0 saturated carbocycles. The van der Waals surface area contributed by atoms with Crippen molar-refractivity contribution in [2.45, 2.75) is 25.8 Å². The van der Waals surface area contributed by atoms with E-state index in [1.54, 1.807) is 0 Å². The predicted molar refractivity (Wildman–Crippen MR) is 108 cm³/mol. The molecule has 0 aromatic carbocycles. The summed E-state index contributed by atoms with van der Waals surface area (Å²) < 4.78 is 2.04. The van der Waals surface area contributed by atoms with E-state index in [4.69, 9.17) is 5.73 Å². The Morgan fingerprint density at radius 2 is 1.96 bits per heavy atom. The number of thiophene rings is 1. The highest BCUT2D eigenvalue weighted by Crippen LogP contribution is 2.38. The number of nitrogens with zero attached hydrogens (tertiary/aromatic N) is 4. The molecule has 4 rings (SSSR count). The van der Waals surface area contributed by atoms with Gasteiger partial charge in [-0.25, -0.2) is 4.98 Å². The van der Waals surface area contributed by atoms with Crippen LogP contribution in [-0.2, 0) is 31.2 Å². The van der Waals surface area contributed by atoms with E-state index in [-0.39, 0.29) is 5.91 Å². The average Bonchev–Trinajstić information content (AvgIpc) is 3.33. The highest BCUT2D eigenvalue weighted by atomic mass is 32.1. The number of carbonyl (C=O) groups is 2. The van der Waals surface area contributed by atoms with Gasteiger partial charge >= 0.3 is 0 Å². The first-order valence-electron chi connectivity index (χ1n) is 9.66. The van der Waals surface area contributed by atoms with Gasteiger partial charge in [0.05, 0.1) is 18.7 Å². The number of rotatable bonds is 6. The van der Waals surface area contributed by atoms with Crippen LogP contribution in [0.5, 0.6) is 0 Å². The van der Waals surface area contributed by atoms with Gasteiger partial charge < -0.3 is 15.6 Å². The molecule has 2 aliphatic rings. The molecule has 9 heteroatoms. The van der Waals surface area contributed by atoms with Crippen molar-refractivity contribution >= 4 is 28.2 Å². The van der Waals surface area contributed by atoms with Gasteiger partial charge in [-0.1, -0.05) is 0 Å². The number of anilines is 1. The number of nitrogens with two attached hydrogens (primary N) is 1. The monoisotopic (exact) mass is 402 g/mol. The number of aromatic nitrogens is 2. The van der Waals surface area contributed by atoms with Crippen molar-refractivity contribution in [2.24, 2.45) is 12.8 Å². The van der Waals surface area contributed by atoms with E-state index in [2.05, 4.69) is 20.1 Å². The molecule has 0 atom stereocenters. The van der Waals surface area contributed by atoms with Crippen molar-refractivity contribution in [2.75, 3.05) is 38.0 Å². The standard InChI is InChI=1S/C19H26N6O2S/c1-23-6-5-21-15(23)11-24-7-9-25(10-8-24)12-16(26)22-19-17(18(20)27)13-3-2-4-14(13)28-19/h5-6H,2-4,7-12H2,1H3,(H2,20,27)(H,22,26). The quantitative estimate of drug-likeness (QED) is 0.746. The van der Waals surface area contributed by atoms with Crippen LogP contribution in [-0.4, -0.2) is 63.9 Å². The highest BCUT2D eigenvalue weighted by molar-refractivity contribution is 7.17. The largest absolute Gasteiger partial charge is 0.365 e. The number of primary amides is 1. The van der Waals surface area contributed by atoms with Gasteiger partial charge in [-0.15, -0.1) is 11.3 Å². The first-order valence-corrected chi connectivity index (χ1v) is 10.5. The Kier molecular flexibility index (Phi) is 5.47. The normalized spacial score (nSPS) is 17.6. The van der Waals surface area contributed by atoms with Crippen LogP contribution in [0.3, 0.4) is 0 Å². The molecule has 8 nitrogen and oxygen atoms in total. The van der Waals surface area contributed by atoms with E-state index in [0.29, 0.717) is 17.1 Å². The third-order valence-corrected chi connectivity index (χ3v) is 6.75. The predicted octanol–water partition coefficient (Wildman–Crippen LogP) is 0.826. The molecule has 2 aromatic heterocycles. The second-order valence-corrected chi connectivity index (χ2v) is 8.59. The topological polar surface area (TPSA) is 96.5 Å². The van der Waals surface area contributed by atoms with Crippen molar-refractivity contribution in [3.63, 3.8) is 0 Å². The van der Waals surface area contributed by atoms with E-state index in [1.165, 1.54) is 16.2 Å². The Balaban J connectivity index is 1.30. The Bertz CT molecular complexity index is 881. The summed E-state index contributed by atoms with van der Waals surface area (Å²) >= 11 is 1.50. The number of piperazine rings is 1. The fraction of sp³-hybridized carbons (Fsp3) is 0.526. The maximum Gasteiger partial charge on any atom is 0.251 e. The van der Waals surface area contributed by atoms with Crippen molar-refractivity contribution in [1.82, 2.24) is 19.4 Å². The summed E-state index contributed by atoms with van der Waals surface area (Å²) in [5.74, 6) is 0.522. The Hall–Kier alpha value is -2.23. The molecule has 1 aliphatic carbocycles. The number of imidazole rings is 1. The fourth-order valence-electron chi connectivity index (χ4n) is 3.98. The van der Waals surface area contributed by atoms with Crippen LogP contribution < -0.4 is 11.1 Å². The first kappa shape index (κ1) is 19.1. The maximum atomic E-state index is 12.5. The molecule has 3 heterocycles. The Labute approximate surface area is 168 Å². The SMILES string of the molecule is Cn1ccnc1CN1CCN(CC(=O)Nc2sc3c(c2C(N)=O)CCC3)CC1. The van der Waals surface area contributed by atoms with Gasteiger partial charge in [0.25, 0.3) is 5.91 Å². The number of carbonyl (C=O) groups excluding carboxylic acids is 2. The molecule has 0 spiro atoms. The maximum absolute atomic E-state index is 12.5. The van der Waals surface area contributed by atoms with Crippen molar-refractivity contribution in [3.05, 3.63) is 34.2 Å². The minimum atomic E-state index is -0.447. The van der Waals surface area contributed by atoms with Crippen LogP contribution in [0.4, 0.5) is 5.00 Å². The zero-order valence-electron chi connectivity index (χ0n) is 16.1. The van der Waals surface area contributed by atoms with Gasteiger partial charge in [0, 0.05) is 50.5 Å². The first-order chi connectivity index (χ1) is 13.5. The van der Waals surface area contributed by atoms with E-state index >= 15 is 0 Å². The third-order valence-electron chi connectivity index (χ3n) is 5.54. The molecular weight excluding hydrogens is 376 g/mol. The fourth-order valence-corrected chi connectivity index (χ4v) is 5.29. The van der Waals surface area contributed by atoms with E-state index in [0.717, 1.165) is 63.4 Å². The molecular formula is C19H26N6O2S. The van der Waals surface area contributed by atoms with Crippen LogP contribution in [0.15, 0.2) is 12.4 Å². The average molecular weight is 403 g/mol. The molecule has 0 bridgehead atoms. The summed E-state index contributed by atoms with van der Waals surface area (Å²) in [7, 11) is 2.00. The molecule has 1 fully saturated rings. The summed E-state index contributed by atoms with van der Waals surface area (Å²) in [5, 5.41) is 3.55. The molecule has 2 amide bonds. The van der Waals surface area contributed by atoms with Crippen LogP contribution in [0.1, 0.15) is 33.0 Å². The van der Waals surface area contributed by atoms with Crippen LogP contribution in [0.25, 0.3) is 0 Å². The lowest BCUT2D eigenvalue weighted by molar-refractivity contribution is -0.117. The number of hydrogen-bond donors (Lipinski definition) is 2. The van der Waals surface area contributed by atoms with Gasteiger partial charge in [0.2, 0.25) is 5.91 Å². The van der Waals surface area contributed by atoms with Crippen LogP contribution >= 0.6 is 11.3 Å². The second-order valence-electron chi connectivity index (χ2n) is 7.48. The molecule has 0 unspecified atom stereocenters. The minimum absolute atomic E-state index is 0.0834. The number of amides is 2. The van der Waals surface area contributed by atoms with Crippen molar-refractivity contribution in [3.8, 4) is 0 Å². The zero-order chi connectivity index (χ0) is 19.7. The summed E-state index contributed by atoms with van der Waals surface area (Å²) in [6.07, 6.45) is 6.66. The van der Waals surface area contributed by atoms with Gasteiger partial charge in [-0.3, -0.25) is 19.4 Å².